The van der Waals surface area contributed by atoms with Crippen molar-refractivity contribution in [1.82, 2.24) is 0 Å². The third-order valence-corrected chi connectivity index (χ3v) is 5.08. The predicted octanol–water partition coefficient (Wildman–Crippen LogP) is 5.56. The second kappa shape index (κ2) is 6.24. The molecule has 3 aromatic rings. The first-order chi connectivity index (χ1) is 12.5. The van der Waals surface area contributed by atoms with E-state index in [9.17, 15) is 4.79 Å². The van der Waals surface area contributed by atoms with Crippen LogP contribution < -0.4 is 11.1 Å². The number of nitrogens with one attached hydrogen (secondary N) is 1. The molecule has 0 aliphatic heterocycles. The maximum atomic E-state index is 13.2. The molecule has 0 saturated heterocycles. The Morgan fingerprint density at radius 1 is 1.00 bits per heavy atom. The van der Waals surface area contributed by atoms with Gasteiger partial charge in [0.1, 0.15) is 0 Å². The Labute approximate surface area is 161 Å². The van der Waals surface area contributed by atoms with E-state index < -0.39 is 0 Å². The van der Waals surface area contributed by atoms with Crippen molar-refractivity contribution in [2.75, 3.05) is 11.1 Å². The van der Waals surface area contributed by atoms with E-state index in [1.54, 1.807) is 24.3 Å². The van der Waals surface area contributed by atoms with Gasteiger partial charge in [-0.2, -0.15) is 0 Å². The van der Waals surface area contributed by atoms with Crippen molar-refractivity contribution in [3.05, 3.63) is 88.5 Å². The first kappa shape index (κ1) is 16.8. The zero-order valence-electron chi connectivity index (χ0n) is 13.7. The maximum absolute atomic E-state index is 13.2. The molecule has 3 N–H and O–H groups in total. The molecule has 0 unspecified atom stereocenters. The van der Waals surface area contributed by atoms with E-state index in [0.29, 0.717) is 38.0 Å². The third kappa shape index (κ3) is 2.59. The predicted molar refractivity (Wildman–Crippen MR) is 111 cm³/mol. The van der Waals surface area contributed by atoms with Crippen LogP contribution in [0.4, 0.5) is 17.1 Å². The van der Waals surface area contributed by atoms with Gasteiger partial charge in [-0.05, 0) is 35.4 Å². The van der Waals surface area contributed by atoms with Gasteiger partial charge >= 0.3 is 0 Å². The van der Waals surface area contributed by atoms with Gasteiger partial charge in [-0.3, -0.25) is 4.79 Å². The number of rotatable bonds is 2. The number of carbonyl (C=O) groups is 1. The molecule has 0 heterocycles. The number of hydrogen-bond acceptors (Lipinski definition) is 4. The molecule has 26 heavy (non-hydrogen) atoms. The van der Waals surface area contributed by atoms with E-state index in [1.807, 2.05) is 30.3 Å². The summed E-state index contributed by atoms with van der Waals surface area (Å²) in [5, 5.41) is 3.88. The minimum absolute atomic E-state index is 0.0902. The Morgan fingerprint density at radius 3 is 2.46 bits per heavy atom. The number of hydrogen-bond donors (Lipinski definition) is 3. The van der Waals surface area contributed by atoms with Crippen molar-refractivity contribution in [2.24, 2.45) is 0 Å². The van der Waals surface area contributed by atoms with E-state index in [0.717, 1.165) is 16.8 Å². The van der Waals surface area contributed by atoms with E-state index in [-0.39, 0.29) is 5.78 Å². The monoisotopic (exact) mass is 378 g/mol. The fraction of sp³-hybridized carbons (Fsp3) is 0. The van der Waals surface area contributed by atoms with Crippen molar-refractivity contribution in [3.63, 3.8) is 0 Å². The van der Waals surface area contributed by atoms with Crippen molar-refractivity contribution >= 4 is 52.6 Å². The number of nitrogen functional groups attached to an aromatic ring is 1. The van der Waals surface area contributed by atoms with Crippen LogP contribution >= 0.6 is 24.2 Å². The zero-order chi connectivity index (χ0) is 18.4. The van der Waals surface area contributed by atoms with Crippen LogP contribution in [0.3, 0.4) is 0 Å². The number of nitrogens with two attached hydrogens (primary N) is 1. The highest BCUT2D eigenvalue weighted by molar-refractivity contribution is 7.80. The molecule has 3 nitrogen and oxygen atoms in total. The summed E-state index contributed by atoms with van der Waals surface area (Å²) >= 11 is 10.6. The first-order valence-corrected chi connectivity index (χ1v) is 8.81. The molecule has 0 radical (unpaired) electrons. The van der Waals surface area contributed by atoms with Gasteiger partial charge in [-0.15, -0.1) is 12.6 Å². The Morgan fingerprint density at radius 2 is 1.73 bits per heavy atom. The van der Waals surface area contributed by atoms with Crippen molar-refractivity contribution in [2.45, 2.75) is 4.90 Å². The summed E-state index contributed by atoms with van der Waals surface area (Å²) in [4.78, 5) is 13.8. The van der Waals surface area contributed by atoms with Crippen molar-refractivity contribution in [1.29, 1.82) is 0 Å². The largest absolute Gasteiger partial charge is 0.397 e. The SMILES string of the molecule is C=C1c2ccccc2C(=O)c2c(Nc3cccc(Cl)c3)cc(S)c(N)c21. The normalized spacial score (nSPS) is 12.5. The molecule has 128 valence electrons. The van der Waals surface area contributed by atoms with Crippen LogP contribution in [0.1, 0.15) is 27.0 Å². The van der Waals surface area contributed by atoms with Gasteiger partial charge in [0, 0.05) is 26.7 Å². The summed E-state index contributed by atoms with van der Waals surface area (Å²) in [7, 11) is 0. The van der Waals surface area contributed by atoms with E-state index >= 15 is 0 Å². The van der Waals surface area contributed by atoms with Crippen LogP contribution in [0.25, 0.3) is 5.57 Å². The van der Waals surface area contributed by atoms with Crippen LogP contribution in [-0.4, -0.2) is 5.78 Å². The number of anilines is 3. The topological polar surface area (TPSA) is 55.1 Å². The number of halogens is 1. The minimum Gasteiger partial charge on any atom is -0.397 e. The maximum Gasteiger partial charge on any atom is 0.196 e. The van der Waals surface area contributed by atoms with Crippen LogP contribution in [0, 0.1) is 0 Å². The Hall–Kier alpha value is -2.69. The lowest BCUT2D eigenvalue weighted by atomic mass is 9.80. The molecule has 5 heteroatoms. The third-order valence-electron chi connectivity index (χ3n) is 4.47. The molecule has 0 atom stereocenters. The number of fused-ring (bicyclic) bond motifs is 2. The summed E-state index contributed by atoms with van der Waals surface area (Å²) in [5.41, 5.74) is 11.4. The smallest absolute Gasteiger partial charge is 0.196 e. The number of carbonyl (C=O) groups excluding carboxylic acids is 1. The van der Waals surface area contributed by atoms with Gasteiger partial charge in [0.15, 0.2) is 5.78 Å². The summed E-state index contributed by atoms with van der Waals surface area (Å²) in [6.07, 6.45) is 0. The summed E-state index contributed by atoms with van der Waals surface area (Å²) in [6, 6.07) is 16.5. The fourth-order valence-corrected chi connectivity index (χ4v) is 3.70. The first-order valence-electron chi connectivity index (χ1n) is 7.99. The highest BCUT2D eigenvalue weighted by Crippen LogP contribution is 2.44. The molecule has 3 aromatic carbocycles. The highest BCUT2D eigenvalue weighted by atomic mass is 35.5. The Bertz CT molecular complexity index is 1090. The minimum atomic E-state index is -0.0902. The number of ketones is 1. The highest BCUT2D eigenvalue weighted by Gasteiger charge is 2.31. The van der Waals surface area contributed by atoms with Gasteiger partial charge in [0.2, 0.25) is 0 Å². The molecule has 0 amide bonds. The second-order valence-corrected chi connectivity index (χ2v) is 7.01. The molecule has 0 bridgehead atoms. The van der Waals surface area contributed by atoms with Crippen LogP contribution in [-0.2, 0) is 0 Å². The molecule has 1 aliphatic carbocycles. The second-order valence-electron chi connectivity index (χ2n) is 6.10. The molecule has 4 rings (SSSR count). The van der Waals surface area contributed by atoms with E-state index in [4.69, 9.17) is 17.3 Å². The molecular formula is C21H15ClN2OS. The van der Waals surface area contributed by atoms with Crippen LogP contribution in [0.2, 0.25) is 5.02 Å². The Balaban J connectivity index is 1.94. The quantitative estimate of drug-likeness (QED) is 0.316. The van der Waals surface area contributed by atoms with Crippen molar-refractivity contribution < 1.29 is 4.79 Å². The number of benzene rings is 3. The van der Waals surface area contributed by atoms with Crippen molar-refractivity contribution in [3.8, 4) is 0 Å². The molecule has 0 aromatic heterocycles. The average molecular weight is 379 g/mol. The lowest BCUT2D eigenvalue weighted by molar-refractivity contribution is 0.103. The van der Waals surface area contributed by atoms with Gasteiger partial charge in [-0.1, -0.05) is 48.5 Å². The van der Waals surface area contributed by atoms with Gasteiger partial charge < -0.3 is 11.1 Å². The summed E-state index contributed by atoms with van der Waals surface area (Å²) < 4.78 is 0. The fourth-order valence-electron chi connectivity index (χ4n) is 3.27. The average Bonchev–Trinajstić information content (AvgIpc) is 2.62. The number of thiol groups is 1. The van der Waals surface area contributed by atoms with Crippen LogP contribution in [0.15, 0.2) is 66.1 Å². The molecule has 0 saturated carbocycles. The van der Waals surface area contributed by atoms with Gasteiger partial charge in [-0.25, -0.2) is 0 Å². The van der Waals surface area contributed by atoms with Gasteiger partial charge in [0.05, 0.1) is 16.9 Å². The molecule has 0 spiro atoms. The molecule has 1 aliphatic rings. The lowest BCUT2D eigenvalue weighted by Gasteiger charge is -2.26. The standard InChI is InChI=1S/C21H15ClN2OS/c1-11-14-7-2-3-8-15(14)21(25)19-16(10-17(26)20(23)18(11)19)24-13-6-4-5-12(22)9-13/h2-10,24,26H,1,23H2. The van der Waals surface area contributed by atoms with E-state index in [1.165, 1.54) is 0 Å². The zero-order valence-corrected chi connectivity index (χ0v) is 15.4. The lowest BCUT2D eigenvalue weighted by Crippen LogP contribution is -2.18. The summed E-state index contributed by atoms with van der Waals surface area (Å²) in [5.74, 6) is -0.0902. The Kier molecular flexibility index (Phi) is 4.02. The molecule has 0 fully saturated rings. The van der Waals surface area contributed by atoms with Gasteiger partial charge in [0.25, 0.3) is 0 Å². The summed E-state index contributed by atoms with van der Waals surface area (Å²) in [6.45, 7) is 4.18. The molecular weight excluding hydrogens is 364 g/mol. The van der Waals surface area contributed by atoms with Crippen LogP contribution in [0.5, 0.6) is 0 Å². The van der Waals surface area contributed by atoms with E-state index in [2.05, 4.69) is 24.5 Å².